The molecule has 0 atom stereocenters. The zero-order valence-corrected chi connectivity index (χ0v) is 12.4. The number of nitrogens with zero attached hydrogens (tertiary/aromatic N) is 1. The molecule has 0 aromatic heterocycles. The first-order valence-corrected chi connectivity index (χ1v) is 7.65. The second-order valence-electron chi connectivity index (χ2n) is 5.66. The summed E-state index contributed by atoms with van der Waals surface area (Å²) in [4.78, 5) is 14.6. The Hall–Kier alpha value is -0.870. The van der Waals surface area contributed by atoms with Crippen LogP contribution < -0.4 is 0 Å². The molecule has 1 aliphatic carbocycles. The van der Waals surface area contributed by atoms with Gasteiger partial charge >= 0.3 is 0 Å². The molecule has 1 N–H and O–H groups in total. The Bertz CT molecular complexity index is 473. The number of benzene rings is 1. The van der Waals surface area contributed by atoms with Crippen molar-refractivity contribution in [3.63, 3.8) is 0 Å². The molecule has 102 valence electrons. The van der Waals surface area contributed by atoms with E-state index < -0.39 is 0 Å². The normalized spacial score (nSPS) is 22.3. The van der Waals surface area contributed by atoms with Gasteiger partial charge in [-0.25, -0.2) is 0 Å². The molecule has 1 amide bonds. The molecule has 2 fully saturated rings. The van der Waals surface area contributed by atoms with Gasteiger partial charge in [-0.3, -0.25) is 4.79 Å². The zero-order valence-electron chi connectivity index (χ0n) is 10.8. The molecule has 1 aliphatic heterocycles. The van der Waals surface area contributed by atoms with E-state index in [4.69, 9.17) is 0 Å². The minimum absolute atomic E-state index is 0.206. The SMILES string of the molecule is O=C(N1CC(O)C1)C1(c2ccc(Br)cc2)CCCC1. The predicted molar refractivity (Wildman–Crippen MR) is 76.9 cm³/mol. The minimum Gasteiger partial charge on any atom is -0.389 e. The maximum atomic E-state index is 12.8. The monoisotopic (exact) mass is 323 g/mol. The van der Waals surface area contributed by atoms with E-state index in [9.17, 15) is 9.90 Å². The number of aliphatic hydroxyl groups is 1. The number of carbonyl (C=O) groups is 1. The number of β-amino-alcohol motifs (C(OH)–C–C–N with tert-alkyl or cyclic N) is 1. The van der Waals surface area contributed by atoms with Gasteiger partial charge in [-0.1, -0.05) is 40.9 Å². The average Bonchev–Trinajstić information content (AvgIpc) is 2.85. The highest BCUT2D eigenvalue weighted by Gasteiger charge is 2.47. The summed E-state index contributed by atoms with van der Waals surface area (Å²) < 4.78 is 1.04. The van der Waals surface area contributed by atoms with E-state index in [1.54, 1.807) is 4.90 Å². The van der Waals surface area contributed by atoms with Crippen molar-refractivity contribution in [3.05, 3.63) is 34.3 Å². The lowest BCUT2D eigenvalue weighted by molar-refractivity contribution is -0.147. The van der Waals surface area contributed by atoms with Crippen LogP contribution in [0.3, 0.4) is 0 Å². The third kappa shape index (κ3) is 2.21. The fourth-order valence-electron chi connectivity index (χ4n) is 3.30. The van der Waals surface area contributed by atoms with Crippen LogP contribution in [0.1, 0.15) is 31.2 Å². The van der Waals surface area contributed by atoms with E-state index in [1.165, 1.54) is 0 Å². The highest BCUT2D eigenvalue weighted by Crippen LogP contribution is 2.43. The first-order chi connectivity index (χ1) is 9.12. The van der Waals surface area contributed by atoms with Gasteiger partial charge in [0.15, 0.2) is 0 Å². The van der Waals surface area contributed by atoms with E-state index >= 15 is 0 Å². The molecule has 0 spiro atoms. The summed E-state index contributed by atoms with van der Waals surface area (Å²) in [6.45, 7) is 0.994. The van der Waals surface area contributed by atoms with Gasteiger partial charge in [0.25, 0.3) is 0 Å². The van der Waals surface area contributed by atoms with Crippen LogP contribution in [-0.2, 0) is 10.2 Å². The summed E-state index contributed by atoms with van der Waals surface area (Å²) in [7, 11) is 0. The largest absolute Gasteiger partial charge is 0.389 e. The van der Waals surface area contributed by atoms with Gasteiger partial charge in [-0.2, -0.15) is 0 Å². The maximum Gasteiger partial charge on any atom is 0.233 e. The molecule has 4 heteroatoms. The Labute approximate surface area is 121 Å². The van der Waals surface area contributed by atoms with E-state index in [1.807, 2.05) is 12.1 Å². The van der Waals surface area contributed by atoms with Crippen molar-refractivity contribution in [2.24, 2.45) is 0 Å². The first-order valence-electron chi connectivity index (χ1n) is 6.85. The van der Waals surface area contributed by atoms with E-state index in [0.29, 0.717) is 13.1 Å². The molecule has 1 saturated heterocycles. The highest BCUT2D eigenvalue weighted by molar-refractivity contribution is 9.10. The van der Waals surface area contributed by atoms with Gasteiger partial charge in [-0.05, 0) is 30.5 Å². The Morgan fingerprint density at radius 2 is 1.79 bits per heavy atom. The van der Waals surface area contributed by atoms with Crippen LogP contribution in [-0.4, -0.2) is 35.1 Å². The number of likely N-dealkylation sites (tertiary alicyclic amines) is 1. The second kappa shape index (κ2) is 4.91. The van der Waals surface area contributed by atoms with Crippen LogP contribution in [0.25, 0.3) is 0 Å². The highest BCUT2D eigenvalue weighted by atomic mass is 79.9. The minimum atomic E-state index is -0.346. The number of hydrogen-bond donors (Lipinski definition) is 1. The van der Waals surface area contributed by atoms with Crippen LogP contribution in [0.5, 0.6) is 0 Å². The Balaban J connectivity index is 1.90. The third-order valence-corrected chi connectivity index (χ3v) is 4.94. The van der Waals surface area contributed by atoms with Gasteiger partial charge in [0.05, 0.1) is 11.5 Å². The molecule has 3 nitrogen and oxygen atoms in total. The summed E-state index contributed by atoms with van der Waals surface area (Å²) in [5, 5.41) is 9.40. The molecule has 0 bridgehead atoms. The van der Waals surface area contributed by atoms with Crippen molar-refractivity contribution in [1.29, 1.82) is 0 Å². The van der Waals surface area contributed by atoms with Gasteiger partial charge < -0.3 is 10.0 Å². The number of halogens is 1. The summed E-state index contributed by atoms with van der Waals surface area (Å²) in [6, 6.07) is 8.13. The van der Waals surface area contributed by atoms with Crippen molar-refractivity contribution in [1.82, 2.24) is 4.90 Å². The summed E-state index contributed by atoms with van der Waals surface area (Å²) in [5.41, 5.74) is 0.778. The summed E-state index contributed by atoms with van der Waals surface area (Å²) in [5.74, 6) is 0.206. The molecule has 0 radical (unpaired) electrons. The smallest absolute Gasteiger partial charge is 0.233 e. The van der Waals surface area contributed by atoms with Gasteiger partial charge in [-0.15, -0.1) is 0 Å². The van der Waals surface area contributed by atoms with E-state index in [0.717, 1.165) is 35.7 Å². The lowest BCUT2D eigenvalue weighted by atomic mass is 9.77. The zero-order chi connectivity index (χ0) is 13.5. The predicted octanol–water partition coefficient (Wildman–Crippen LogP) is 2.46. The number of rotatable bonds is 2. The van der Waals surface area contributed by atoms with Crippen LogP contribution in [0.2, 0.25) is 0 Å². The van der Waals surface area contributed by atoms with Crippen molar-refractivity contribution in [2.45, 2.75) is 37.2 Å². The number of amides is 1. The first kappa shape index (κ1) is 13.1. The maximum absolute atomic E-state index is 12.8. The lowest BCUT2D eigenvalue weighted by Gasteiger charge is -2.42. The average molecular weight is 324 g/mol. The molecule has 19 heavy (non-hydrogen) atoms. The lowest BCUT2D eigenvalue weighted by Crippen LogP contribution is -2.58. The Kier molecular flexibility index (Phi) is 3.39. The van der Waals surface area contributed by atoms with Crippen molar-refractivity contribution >= 4 is 21.8 Å². The van der Waals surface area contributed by atoms with Crippen LogP contribution in [0.4, 0.5) is 0 Å². The van der Waals surface area contributed by atoms with E-state index in [2.05, 4.69) is 28.1 Å². The molecule has 1 heterocycles. The second-order valence-corrected chi connectivity index (χ2v) is 6.58. The Morgan fingerprint density at radius 1 is 1.21 bits per heavy atom. The standard InChI is InChI=1S/C15H18BrNO2/c16-12-5-3-11(4-6-12)15(7-1-2-8-15)14(19)17-9-13(18)10-17/h3-6,13,18H,1-2,7-10H2. The van der Waals surface area contributed by atoms with Gasteiger partial charge in [0, 0.05) is 17.6 Å². The summed E-state index contributed by atoms with van der Waals surface area (Å²) >= 11 is 3.44. The van der Waals surface area contributed by atoms with E-state index in [-0.39, 0.29) is 17.4 Å². The third-order valence-electron chi connectivity index (χ3n) is 4.41. The summed E-state index contributed by atoms with van der Waals surface area (Å²) in [6.07, 6.45) is 3.75. The number of hydrogen-bond acceptors (Lipinski definition) is 2. The fourth-order valence-corrected chi connectivity index (χ4v) is 3.56. The molecule has 1 aromatic carbocycles. The molecule has 0 unspecified atom stereocenters. The van der Waals surface area contributed by atoms with Crippen molar-refractivity contribution in [2.75, 3.05) is 13.1 Å². The van der Waals surface area contributed by atoms with Gasteiger partial charge in [0.1, 0.15) is 0 Å². The van der Waals surface area contributed by atoms with Crippen LogP contribution in [0.15, 0.2) is 28.7 Å². The fraction of sp³-hybridized carbons (Fsp3) is 0.533. The molecular formula is C15H18BrNO2. The van der Waals surface area contributed by atoms with Gasteiger partial charge in [0.2, 0.25) is 5.91 Å². The van der Waals surface area contributed by atoms with Crippen molar-refractivity contribution in [3.8, 4) is 0 Å². The Morgan fingerprint density at radius 3 is 2.32 bits per heavy atom. The molecular weight excluding hydrogens is 306 g/mol. The van der Waals surface area contributed by atoms with Crippen LogP contribution in [0, 0.1) is 0 Å². The molecule has 3 rings (SSSR count). The molecule has 1 aromatic rings. The number of aliphatic hydroxyl groups excluding tert-OH is 1. The van der Waals surface area contributed by atoms with Crippen molar-refractivity contribution < 1.29 is 9.90 Å². The molecule has 1 saturated carbocycles. The topological polar surface area (TPSA) is 40.5 Å². The molecule has 2 aliphatic rings. The van der Waals surface area contributed by atoms with Crippen LogP contribution >= 0.6 is 15.9 Å². The quantitative estimate of drug-likeness (QED) is 0.908. The number of carbonyl (C=O) groups excluding carboxylic acids is 1.